The van der Waals surface area contributed by atoms with Gasteiger partial charge in [-0.25, -0.2) is 5.43 Å². The first-order valence-corrected chi connectivity index (χ1v) is 7.00. The SMILES string of the molecule is Cc1cc(C(=O)NN=Cc2ccc(Cl)s2)ccc1[N+](=O)[O-]. The number of nitro groups is 1. The number of thiophene rings is 1. The van der Waals surface area contributed by atoms with Gasteiger partial charge in [-0.1, -0.05) is 11.6 Å². The van der Waals surface area contributed by atoms with Gasteiger partial charge in [0.1, 0.15) is 0 Å². The summed E-state index contributed by atoms with van der Waals surface area (Å²) in [4.78, 5) is 22.9. The number of nitrogens with one attached hydrogen (secondary N) is 1. The topological polar surface area (TPSA) is 84.6 Å². The normalized spacial score (nSPS) is 10.8. The Morgan fingerprint density at radius 3 is 2.76 bits per heavy atom. The average molecular weight is 324 g/mol. The Balaban J connectivity index is 2.05. The number of nitrogens with zero attached hydrogens (tertiary/aromatic N) is 2. The molecule has 0 radical (unpaired) electrons. The Labute approximate surface area is 129 Å². The number of carbonyl (C=O) groups excluding carboxylic acids is 1. The van der Waals surface area contributed by atoms with E-state index >= 15 is 0 Å². The van der Waals surface area contributed by atoms with Crippen molar-refractivity contribution >= 4 is 40.7 Å². The van der Waals surface area contributed by atoms with E-state index in [4.69, 9.17) is 11.6 Å². The standard InChI is InChI=1S/C13H10ClN3O3S/c1-8-6-9(2-4-11(8)17(19)20)13(18)16-15-7-10-3-5-12(14)21-10/h2-7H,1H3,(H,16,18). The van der Waals surface area contributed by atoms with Crippen LogP contribution < -0.4 is 5.43 Å². The number of rotatable bonds is 4. The fourth-order valence-corrected chi connectivity index (χ4v) is 2.55. The molecule has 0 fully saturated rings. The van der Waals surface area contributed by atoms with E-state index < -0.39 is 10.8 Å². The highest BCUT2D eigenvalue weighted by Gasteiger charge is 2.13. The molecule has 0 bridgehead atoms. The van der Waals surface area contributed by atoms with Crippen LogP contribution in [0.25, 0.3) is 0 Å². The smallest absolute Gasteiger partial charge is 0.267 e. The summed E-state index contributed by atoms with van der Waals surface area (Å²) < 4.78 is 0.633. The van der Waals surface area contributed by atoms with Gasteiger partial charge in [-0.05, 0) is 31.2 Å². The van der Waals surface area contributed by atoms with Crippen molar-refractivity contribution in [2.45, 2.75) is 6.92 Å². The molecule has 0 saturated carbocycles. The van der Waals surface area contributed by atoms with Gasteiger partial charge in [0.25, 0.3) is 11.6 Å². The number of benzene rings is 1. The van der Waals surface area contributed by atoms with E-state index in [9.17, 15) is 14.9 Å². The monoisotopic (exact) mass is 323 g/mol. The van der Waals surface area contributed by atoms with Crippen LogP contribution in [0.5, 0.6) is 0 Å². The zero-order valence-corrected chi connectivity index (χ0v) is 12.4. The average Bonchev–Trinajstić information content (AvgIpc) is 2.83. The maximum atomic E-state index is 11.9. The number of aryl methyl sites for hydroxylation is 1. The molecule has 6 nitrogen and oxygen atoms in total. The van der Waals surface area contributed by atoms with E-state index in [1.54, 1.807) is 19.1 Å². The number of halogens is 1. The van der Waals surface area contributed by atoms with Crippen molar-refractivity contribution in [2.24, 2.45) is 5.10 Å². The van der Waals surface area contributed by atoms with Crippen LogP contribution in [-0.2, 0) is 0 Å². The first-order valence-electron chi connectivity index (χ1n) is 5.81. The van der Waals surface area contributed by atoms with Crippen LogP contribution in [0.15, 0.2) is 35.4 Å². The second-order valence-corrected chi connectivity index (χ2v) is 5.85. The Bertz CT molecular complexity index is 727. The highest BCUT2D eigenvalue weighted by atomic mass is 35.5. The lowest BCUT2D eigenvalue weighted by molar-refractivity contribution is -0.385. The molecule has 0 spiro atoms. The lowest BCUT2D eigenvalue weighted by Crippen LogP contribution is -2.17. The number of carbonyl (C=O) groups is 1. The molecule has 1 aromatic heterocycles. The number of hydrogen-bond donors (Lipinski definition) is 1. The minimum absolute atomic E-state index is 0.0247. The minimum Gasteiger partial charge on any atom is -0.267 e. The van der Waals surface area contributed by atoms with Gasteiger partial charge in [-0.3, -0.25) is 14.9 Å². The van der Waals surface area contributed by atoms with Crippen LogP contribution in [0.2, 0.25) is 4.34 Å². The van der Waals surface area contributed by atoms with E-state index in [2.05, 4.69) is 10.5 Å². The maximum Gasteiger partial charge on any atom is 0.272 e. The molecule has 1 heterocycles. The second kappa shape index (κ2) is 6.47. The molecule has 0 aliphatic heterocycles. The van der Waals surface area contributed by atoms with Crippen molar-refractivity contribution in [1.82, 2.24) is 5.43 Å². The fourth-order valence-electron chi connectivity index (χ4n) is 1.62. The lowest BCUT2D eigenvalue weighted by Gasteiger charge is -2.01. The van der Waals surface area contributed by atoms with Crippen LogP contribution in [0.3, 0.4) is 0 Å². The molecule has 2 aromatic rings. The van der Waals surface area contributed by atoms with Gasteiger partial charge in [0.15, 0.2) is 0 Å². The minimum atomic E-state index is -0.490. The summed E-state index contributed by atoms with van der Waals surface area (Å²) in [7, 11) is 0. The maximum absolute atomic E-state index is 11.9. The van der Waals surface area contributed by atoms with E-state index in [1.165, 1.54) is 35.8 Å². The molecule has 21 heavy (non-hydrogen) atoms. The van der Waals surface area contributed by atoms with Crippen molar-refractivity contribution < 1.29 is 9.72 Å². The molecule has 1 aromatic carbocycles. The van der Waals surface area contributed by atoms with Gasteiger partial charge < -0.3 is 0 Å². The highest BCUT2D eigenvalue weighted by Crippen LogP contribution is 2.20. The predicted molar refractivity (Wildman–Crippen MR) is 82.2 cm³/mol. The second-order valence-electron chi connectivity index (χ2n) is 4.10. The van der Waals surface area contributed by atoms with Gasteiger partial charge in [0.05, 0.1) is 15.5 Å². The number of hydrogen-bond acceptors (Lipinski definition) is 5. The number of hydrazone groups is 1. The summed E-state index contributed by atoms with van der Waals surface area (Å²) in [5.74, 6) is -0.438. The molecule has 0 atom stereocenters. The molecule has 1 amide bonds. The molecule has 1 N–H and O–H groups in total. The molecule has 0 unspecified atom stereocenters. The van der Waals surface area contributed by atoms with Gasteiger partial charge in [-0.15, -0.1) is 11.3 Å². The van der Waals surface area contributed by atoms with Gasteiger partial charge in [0, 0.05) is 22.1 Å². The fraction of sp³-hybridized carbons (Fsp3) is 0.0769. The van der Waals surface area contributed by atoms with Gasteiger partial charge in [-0.2, -0.15) is 5.10 Å². The van der Waals surface area contributed by atoms with Crippen LogP contribution in [0.1, 0.15) is 20.8 Å². The summed E-state index contributed by atoms with van der Waals surface area (Å²) in [6.45, 7) is 1.58. The van der Waals surface area contributed by atoms with E-state index in [0.717, 1.165) is 4.88 Å². The predicted octanol–water partition coefficient (Wildman–Crippen LogP) is 3.38. The Kier molecular flexibility index (Phi) is 4.66. The lowest BCUT2D eigenvalue weighted by atomic mass is 10.1. The number of amides is 1. The third-order valence-corrected chi connectivity index (χ3v) is 3.77. The summed E-state index contributed by atoms with van der Waals surface area (Å²) in [5.41, 5.74) is 3.06. The Hall–Kier alpha value is -2.25. The van der Waals surface area contributed by atoms with Crippen molar-refractivity contribution in [1.29, 1.82) is 0 Å². The zero-order valence-electron chi connectivity index (χ0n) is 10.9. The molecule has 0 aliphatic carbocycles. The summed E-state index contributed by atoms with van der Waals surface area (Å²) in [6.07, 6.45) is 1.48. The van der Waals surface area contributed by atoms with Crippen molar-refractivity contribution in [3.05, 3.63) is 60.8 Å². The summed E-state index contributed by atoms with van der Waals surface area (Å²) in [6, 6.07) is 7.64. The van der Waals surface area contributed by atoms with Crippen LogP contribution >= 0.6 is 22.9 Å². The highest BCUT2D eigenvalue weighted by molar-refractivity contribution is 7.17. The van der Waals surface area contributed by atoms with Crippen LogP contribution in [0.4, 0.5) is 5.69 Å². The van der Waals surface area contributed by atoms with Crippen LogP contribution in [-0.4, -0.2) is 17.0 Å². The Morgan fingerprint density at radius 2 is 2.19 bits per heavy atom. The van der Waals surface area contributed by atoms with E-state index in [0.29, 0.717) is 15.5 Å². The van der Waals surface area contributed by atoms with Crippen molar-refractivity contribution in [3.63, 3.8) is 0 Å². The largest absolute Gasteiger partial charge is 0.272 e. The van der Waals surface area contributed by atoms with E-state index in [-0.39, 0.29) is 5.69 Å². The van der Waals surface area contributed by atoms with E-state index in [1.807, 2.05) is 0 Å². The molecule has 108 valence electrons. The molecular formula is C13H10ClN3O3S. The third-order valence-electron chi connectivity index (χ3n) is 2.61. The first kappa shape index (κ1) is 15.1. The molecule has 2 rings (SSSR count). The van der Waals surface area contributed by atoms with Gasteiger partial charge in [0.2, 0.25) is 0 Å². The zero-order chi connectivity index (χ0) is 15.4. The summed E-state index contributed by atoms with van der Waals surface area (Å²) in [5, 5.41) is 14.5. The molecule has 0 aliphatic rings. The summed E-state index contributed by atoms with van der Waals surface area (Å²) >= 11 is 7.10. The van der Waals surface area contributed by atoms with Crippen LogP contribution in [0, 0.1) is 17.0 Å². The van der Waals surface area contributed by atoms with Crippen molar-refractivity contribution in [2.75, 3.05) is 0 Å². The molecule has 0 saturated heterocycles. The Morgan fingerprint density at radius 1 is 1.43 bits per heavy atom. The molecule has 8 heteroatoms. The molecular weight excluding hydrogens is 314 g/mol. The third kappa shape index (κ3) is 3.87. The number of nitro benzene ring substituents is 1. The quantitative estimate of drug-likeness (QED) is 0.531. The van der Waals surface area contributed by atoms with Gasteiger partial charge >= 0.3 is 0 Å². The van der Waals surface area contributed by atoms with Crippen molar-refractivity contribution in [3.8, 4) is 0 Å². The first-order chi connectivity index (χ1) is 9.97.